The minimum absolute atomic E-state index is 0.0623. The van der Waals surface area contributed by atoms with E-state index < -0.39 is 24.0 Å². The Kier molecular flexibility index (Phi) is 6.95. The zero-order valence-electron chi connectivity index (χ0n) is 18.0. The quantitative estimate of drug-likeness (QED) is 0.676. The summed E-state index contributed by atoms with van der Waals surface area (Å²) < 4.78 is 5.48. The molecule has 2 atom stereocenters. The van der Waals surface area contributed by atoms with Gasteiger partial charge in [-0.25, -0.2) is 4.79 Å². The number of nitrogens with one attached hydrogen (secondary N) is 1. The van der Waals surface area contributed by atoms with Crippen LogP contribution in [0, 0.1) is 5.92 Å². The molecule has 0 saturated carbocycles. The highest BCUT2D eigenvalue weighted by Crippen LogP contribution is 2.44. The number of ether oxygens (including phenoxy) is 1. The fourth-order valence-electron chi connectivity index (χ4n) is 3.94. The van der Waals surface area contributed by atoms with Gasteiger partial charge in [0.25, 0.3) is 0 Å². The van der Waals surface area contributed by atoms with Gasteiger partial charge in [-0.3, -0.25) is 9.59 Å². The molecule has 0 heterocycles. The third-order valence-electron chi connectivity index (χ3n) is 5.66. The van der Waals surface area contributed by atoms with Gasteiger partial charge in [0.1, 0.15) is 12.6 Å². The Hall–Kier alpha value is -3.35. The molecule has 0 fully saturated rings. The standard InChI is InChI=1S/C24H28N2O5/c1-4-26(13-15(2)23(28)29)22(27)16(3)25-24(30)31-14-21-19-11-7-5-9-17(19)18-10-6-8-12-20(18)21/h5-12,15-16,21H,4,13-14H2,1-3H3,(H,25,30)(H,28,29). The molecule has 1 aliphatic rings. The highest BCUT2D eigenvalue weighted by atomic mass is 16.5. The first-order valence-corrected chi connectivity index (χ1v) is 10.5. The predicted octanol–water partition coefficient (Wildman–Crippen LogP) is 3.48. The second-order valence-electron chi connectivity index (χ2n) is 7.81. The van der Waals surface area contributed by atoms with Gasteiger partial charge in [0, 0.05) is 19.0 Å². The van der Waals surface area contributed by atoms with Crippen LogP contribution in [0.2, 0.25) is 0 Å². The lowest BCUT2D eigenvalue weighted by Crippen LogP contribution is -2.48. The van der Waals surface area contributed by atoms with Crippen molar-refractivity contribution in [1.82, 2.24) is 10.2 Å². The van der Waals surface area contributed by atoms with Gasteiger partial charge in [0.15, 0.2) is 0 Å². The van der Waals surface area contributed by atoms with E-state index >= 15 is 0 Å². The molecule has 0 bridgehead atoms. The Morgan fingerprint density at radius 1 is 1.03 bits per heavy atom. The lowest BCUT2D eigenvalue weighted by molar-refractivity contribution is -0.143. The minimum atomic E-state index is -0.969. The van der Waals surface area contributed by atoms with E-state index in [4.69, 9.17) is 9.84 Å². The van der Waals surface area contributed by atoms with E-state index in [0.29, 0.717) is 6.54 Å². The molecule has 0 saturated heterocycles. The van der Waals surface area contributed by atoms with Crippen molar-refractivity contribution in [3.05, 3.63) is 59.7 Å². The molecule has 2 aromatic carbocycles. The van der Waals surface area contributed by atoms with Crippen LogP contribution in [0.3, 0.4) is 0 Å². The van der Waals surface area contributed by atoms with Crippen molar-refractivity contribution in [2.45, 2.75) is 32.7 Å². The number of carbonyl (C=O) groups is 3. The van der Waals surface area contributed by atoms with Gasteiger partial charge in [0.2, 0.25) is 5.91 Å². The molecule has 2 aromatic rings. The second-order valence-corrected chi connectivity index (χ2v) is 7.81. The fourth-order valence-corrected chi connectivity index (χ4v) is 3.94. The zero-order valence-corrected chi connectivity index (χ0v) is 18.0. The summed E-state index contributed by atoms with van der Waals surface area (Å²) in [6.45, 7) is 5.48. The summed E-state index contributed by atoms with van der Waals surface area (Å²) >= 11 is 0. The van der Waals surface area contributed by atoms with E-state index in [1.807, 2.05) is 36.4 Å². The van der Waals surface area contributed by atoms with Crippen LogP contribution in [0.1, 0.15) is 37.8 Å². The summed E-state index contributed by atoms with van der Waals surface area (Å²) in [5, 5.41) is 11.6. The molecule has 2 unspecified atom stereocenters. The largest absolute Gasteiger partial charge is 0.481 e. The Morgan fingerprint density at radius 2 is 1.58 bits per heavy atom. The number of carboxylic acid groups (broad SMARTS) is 1. The molecule has 31 heavy (non-hydrogen) atoms. The van der Waals surface area contributed by atoms with E-state index in [9.17, 15) is 14.4 Å². The summed E-state index contributed by atoms with van der Waals surface area (Å²) in [5.41, 5.74) is 4.50. The Bertz CT molecular complexity index is 928. The molecule has 0 spiro atoms. The maximum absolute atomic E-state index is 12.6. The van der Waals surface area contributed by atoms with Gasteiger partial charge < -0.3 is 20.1 Å². The van der Waals surface area contributed by atoms with Crippen molar-refractivity contribution in [3.63, 3.8) is 0 Å². The minimum Gasteiger partial charge on any atom is -0.481 e. The Balaban J connectivity index is 1.60. The molecule has 3 rings (SSSR count). The number of nitrogens with zero attached hydrogens (tertiary/aromatic N) is 1. The van der Waals surface area contributed by atoms with Crippen LogP contribution in [0.25, 0.3) is 11.1 Å². The van der Waals surface area contributed by atoms with Gasteiger partial charge >= 0.3 is 12.1 Å². The summed E-state index contributed by atoms with van der Waals surface area (Å²) in [5.74, 6) is -2.06. The number of benzene rings is 2. The number of carbonyl (C=O) groups excluding carboxylic acids is 2. The SMILES string of the molecule is CCN(CC(C)C(=O)O)C(=O)C(C)NC(=O)OCC1c2ccccc2-c2ccccc21. The number of rotatable bonds is 8. The average Bonchev–Trinajstić information content (AvgIpc) is 3.09. The topological polar surface area (TPSA) is 95.9 Å². The van der Waals surface area contributed by atoms with Gasteiger partial charge in [-0.05, 0) is 36.1 Å². The molecular weight excluding hydrogens is 396 g/mol. The monoisotopic (exact) mass is 424 g/mol. The van der Waals surface area contributed by atoms with Crippen molar-refractivity contribution in [1.29, 1.82) is 0 Å². The van der Waals surface area contributed by atoms with Crippen LogP contribution in [0.15, 0.2) is 48.5 Å². The summed E-state index contributed by atoms with van der Waals surface area (Å²) in [4.78, 5) is 37.5. The third kappa shape index (κ3) is 4.87. The molecule has 0 radical (unpaired) electrons. The van der Waals surface area contributed by atoms with Crippen LogP contribution < -0.4 is 5.32 Å². The highest BCUT2D eigenvalue weighted by molar-refractivity contribution is 5.86. The van der Waals surface area contributed by atoms with Gasteiger partial charge in [-0.15, -0.1) is 0 Å². The summed E-state index contributed by atoms with van der Waals surface area (Å²) in [7, 11) is 0. The fraction of sp³-hybridized carbons (Fsp3) is 0.375. The first-order valence-electron chi connectivity index (χ1n) is 10.5. The third-order valence-corrected chi connectivity index (χ3v) is 5.66. The number of carboxylic acids is 1. The summed E-state index contributed by atoms with van der Waals surface area (Å²) in [6, 6.07) is 15.3. The molecule has 164 valence electrons. The zero-order chi connectivity index (χ0) is 22.5. The lowest BCUT2D eigenvalue weighted by Gasteiger charge is -2.26. The number of alkyl carbamates (subject to hydrolysis) is 1. The van der Waals surface area contributed by atoms with E-state index in [2.05, 4.69) is 17.4 Å². The summed E-state index contributed by atoms with van der Waals surface area (Å²) in [6.07, 6.45) is -0.676. The van der Waals surface area contributed by atoms with Crippen molar-refractivity contribution < 1.29 is 24.2 Å². The average molecular weight is 424 g/mol. The molecular formula is C24H28N2O5. The van der Waals surface area contributed by atoms with E-state index in [1.54, 1.807) is 20.8 Å². The van der Waals surface area contributed by atoms with Crippen LogP contribution in [0.4, 0.5) is 4.79 Å². The highest BCUT2D eigenvalue weighted by Gasteiger charge is 2.30. The van der Waals surface area contributed by atoms with E-state index in [1.165, 1.54) is 4.90 Å². The molecule has 7 heteroatoms. The van der Waals surface area contributed by atoms with Crippen molar-refractivity contribution in [2.75, 3.05) is 19.7 Å². The predicted molar refractivity (Wildman–Crippen MR) is 117 cm³/mol. The molecule has 0 aliphatic heterocycles. The molecule has 1 aliphatic carbocycles. The van der Waals surface area contributed by atoms with Crippen LogP contribution in [-0.2, 0) is 14.3 Å². The van der Waals surface area contributed by atoms with Crippen LogP contribution in [-0.4, -0.2) is 53.7 Å². The molecule has 2 N–H and O–H groups in total. The van der Waals surface area contributed by atoms with Gasteiger partial charge in [-0.2, -0.15) is 0 Å². The van der Waals surface area contributed by atoms with E-state index in [-0.39, 0.29) is 25.0 Å². The smallest absolute Gasteiger partial charge is 0.407 e. The van der Waals surface area contributed by atoms with Crippen molar-refractivity contribution >= 4 is 18.0 Å². The van der Waals surface area contributed by atoms with Gasteiger partial charge in [0.05, 0.1) is 5.92 Å². The number of amides is 2. The first kappa shape index (κ1) is 22.3. The number of hydrogen-bond donors (Lipinski definition) is 2. The maximum atomic E-state index is 12.6. The number of aliphatic carboxylic acids is 1. The number of hydrogen-bond acceptors (Lipinski definition) is 4. The molecule has 7 nitrogen and oxygen atoms in total. The Morgan fingerprint density at radius 3 is 2.10 bits per heavy atom. The second kappa shape index (κ2) is 9.64. The number of fused-ring (bicyclic) bond motifs is 3. The van der Waals surface area contributed by atoms with E-state index in [0.717, 1.165) is 22.3 Å². The van der Waals surface area contributed by atoms with Crippen molar-refractivity contribution in [3.8, 4) is 11.1 Å². The lowest BCUT2D eigenvalue weighted by atomic mass is 9.98. The Labute approximate surface area is 182 Å². The van der Waals surface area contributed by atoms with Crippen LogP contribution in [0.5, 0.6) is 0 Å². The maximum Gasteiger partial charge on any atom is 0.407 e. The van der Waals surface area contributed by atoms with Crippen molar-refractivity contribution in [2.24, 2.45) is 5.92 Å². The number of likely N-dealkylation sites (N-methyl/N-ethyl adjacent to an activating group) is 1. The molecule has 2 amide bonds. The van der Waals surface area contributed by atoms with Gasteiger partial charge in [-0.1, -0.05) is 55.5 Å². The van der Waals surface area contributed by atoms with Crippen LogP contribution >= 0.6 is 0 Å². The first-order chi connectivity index (χ1) is 14.8. The molecule has 0 aromatic heterocycles. The normalized spacial score (nSPS) is 14.2.